The van der Waals surface area contributed by atoms with Gasteiger partial charge >= 0.3 is 0 Å². The van der Waals surface area contributed by atoms with Crippen molar-refractivity contribution in [1.82, 2.24) is 10.2 Å². The van der Waals surface area contributed by atoms with E-state index in [2.05, 4.69) is 31.0 Å². The van der Waals surface area contributed by atoms with Gasteiger partial charge in [-0.3, -0.25) is 0 Å². The molecule has 1 heterocycles. The third-order valence-corrected chi connectivity index (χ3v) is 4.72. The number of hydrogen-bond acceptors (Lipinski definition) is 2. The van der Waals surface area contributed by atoms with E-state index in [4.69, 9.17) is 0 Å². The van der Waals surface area contributed by atoms with Crippen LogP contribution in [0.4, 0.5) is 0 Å². The van der Waals surface area contributed by atoms with Crippen molar-refractivity contribution in [2.24, 2.45) is 5.41 Å². The molecule has 2 aliphatic rings. The molecule has 2 rings (SSSR count). The molecule has 100 valence electrons. The van der Waals surface area contributed by atoms with Crippen LogP contribution in [0.5, 0.6) is 0 Å². The second-order valence-electron chi connectivity index (χ2n) is 6.86. The molecule has 1 N–H and O–H groups in total. The van der Waals surface area contributed by atoms with Crippen LogP contribution in [0.3, 0.4) is 0 Å². The van der Waals surface area contributed by atoms with Gasteiger partial charge < -0.3 is 10.2 Å². The summed E-state index contributed by atoms with van der Waals surface area (Å²) in [6, 6.07) is 1.38. The van der Waals surface area contributed by atoms with Gasteiger partial charge in [0.2, 0.25) is 0 Å². The number of nitrogens with zero attached hydrogens (tertiary/aromatic N) is 1. The zero-order valence-electron chi connectivity index (χ0n) is 12.0. The monoisotopic (exact) mass is 238 g/mol. The lowest BCUT2D eigenvalue weighted by Gasteiger charge is -2.41. The Morgan fingerprint density at radius 1 is 1.18 bits per heavy atom. The van der Waals surface area contributed by atoms with Crippen LogP contribution in [0.1, 0.15) is 59.3 Å². The second-order valence-corrected chi connectivity index (χ2v) is 6.86. The minimum Gasteiger partial charge on any atom is -0.310 e. The van der Waals surface area contributed by atoms with Crippen molar-refractivity contribution < 1.29 is 0 Å². The molecule has 2 heteroatoms. The van der Waals surface area contributed by atoms with E-state index in [1.54, 1.807) is 0 Å². The van der Waals surface area contributed by atoms with Gasteiger partial charge in [0, 0.05) is 18.6 Å². The summed E-state index contributed by atoms with van der Waals surface area (Å²) in [6.45, 7) is 11.1. The van der Waals surface area contributed by atoms with Crippen molar-refractivity contribution in [3.05, 3.63) is 0 Å². The fraction of sp³-hybridized carbons (Fsp3) is 1.00. The van der Waals surface area contributed by atoms with E-state index in [-0.39, 0.29) is 0 Å². The van der Waals surface area contributed by atoms with Crippen LogP contribution in [-0.2, 0) is 0 Å². The number of nitrogens with one attached hydrogen (secondary N) is 1. The minimum absolute atomic E-state index is 0.498. The molecule has 2 fully saturated rings. The first-order chi connectivity index (χ1) is 8.08. The van der Waals surface area contributed by atoms with Gasteiger partial charge in [0.15, 0.2) is 0 Å². The molecule has 0 bridgehead atoms. The molecule has 1 saturated carbocycles. The molecule has 0 radical (unpaired) electrons. The van der Waals surface area contributed by atoms with Gasteiger partial charge in [-0.25, -0.2) is 0 Å². The van der Waals surface area contributed by atoms with Gasteiger partial charge in [0.05, 0.1) is 0 Å². The summed E-state index contributed by atoms with van der Waals surface area (Å²) in [5, 5.41) is 3.89. The van der Waals surface area contributed by atoms with Gasteiger partial charge in [-0.05, 0) is 51.1 Å². The molecular formula is C15H30N2. The predicted molar refractivity (Wildman–Crippen MR) is 74.3 cm³/mol. The van der Waals surface area contributed by atoms with Crippen molar-refractivity contribution in [3.63, 3.8) is 0 Å². The van der Waals surface area contributed by atoms with Crippen molar-refractivity contribution >= 4 is 0 Å². The molecule has 2 unspecified atom stereocenters. The van der Waals surface area contributed by atoms with E-state index in [0.717, 1.165) is 6.04 Å². The second kappa shape index (κ2) is 5.71. The fourth-order valence-corrected chi connectivity index (χ4v) is 3.55. The molecule has 0 aromatic rings. The summed E-state index contributed by atoms with van der Waals surface area (Å²) in [7, 11) is 0. The fourth-order valence-electron chi connectivity index (χ4n) is 3.55. The van der Waals surface area contributed by atoms with Gasteiger partial charge in [-0.15, -0.1) is 0 Å². The number of hydrogen-bond donors (Lipinski definition) is 1. The van der Waals surface area contributed by atoms with Crippen LogP contribution in [0.25, 0.3) is 0 Å². The lowest BCUT2D eigenvalue weighted by Crippen LogP contribution is -2.50. The van der Waals surface area contributed by atoms with Crippen LogP contribution in [-0.4, -0.2) is 36.6 Å². The van der Waals surface area contributed by atoms with Crippen molar-refractivity contribution in [1.29, 1.82) is 0 Å². The molecule has 2 atom stereocenters. The highest BCUT2D eigenvalue weighted by atomic mass is 15.2. The van der Waals surface area contributed by atoms with E-state index in [1.165, 1.54) is 58.2 Å². The molecule has 1 saturated heterocycles. The van der Waals surface area contributed by atoms with Crippen LogP contribution >= 0.6 is 0 Å². The Balaban J connectivity index is 1.78. The SMILES string of the molecule is CC(CN1CCCC1)NC1CCCCC1(C)C. The first kappa shape index (κ1) is 13.4. The van der Waals surface area contributed by atoms with Gasteiger partial charge in [-0.1, -0.05) is 26.7 Å². The molecule has 1 aliphatic heterocycles. The maximum atomic E-state index is 3.89. The topological polar surface area (TPSA) is 15.3 Å². The van der Waals surface area contributed by atoms with Crippen LogP contribution in [0.2, 0.25) is 0 Å². The van der Waals surface area contributed by atoms with E-state index in [1.807, 2.05) is 0 Å². The van der Waals surface area contributed by atoms with Crippen LogP contribution < -0.4 is 5.32 Å². The largest absolute Gasteiger partial charge is 0.310 e. The summed E-state index contributed by atoms with van der Waals surface area (Å²) >= 11 is 0. The molecule has 2 nitrogen and oxygen atoms in total. The Morgan fingerprint density at radius 3 is 2.53 bits per heavy atom. The standard InChI is InChI=1S/C15H30N2/c1-13(12-17-10-6-7-11-17)16-14-8-4-5-9-15(14,2)3/h13-14,16H,4-12H2,1-3H3. The molecule has 1 aliphatic carbocycles. The average molecular weight is 238 g/mol. The van der Waals surface area contributed by atoms with Crippen molar-refractivity contribution in [3.8, 4) is 0 Å². The van der Waals surface area contributed by atoms with Gasteiger partial charge in [-0.2, -0.15) is 0 Å². The zero-order chi connectivity index (χ0) is 12.3. The summed E-state index contributed by atoms with van der Waals surface area (Å²) in [5.74, 6) is 0. The lowest BCUT2D eigenvalue weighted by atomic mass is 9.73. The van der Waals surface area contributed by atoms with Gasteiger partial charge in [0.1, 0.15) is 0 Å². The number of likely N-dealkylation sites (tertiary alicyclic amines) is 1. The summed E-state index contributed by atoms with van der Waals surface area (Å²) < 4.78 is 0. The Kier molecular flexibility index (Phi) is 4.48. The van der Waals surface area contributed by atoms with Gasteiger partial charge in [0.25, 0.3) is 0 Å². The predicted octanol–water partition coefficient (Wildman–Crippen LogP) is 3.03. The normalized spacial score (nSPS) is 31.6. The maximum Gasteiger partial charge on any atom is 0.0169 e. The minimum atomic E-state index is 0.498. The molecule has 0 aromatic carbocycles. The first-order valence-corrected chi connectivity index (χ1v) is 7.56. The third-order valence-electron chi connectivity index (χ3n) is 4.72. The zero-order valence-corrected chi connectivity index (χ0v) is 12.0. The summed E-state index contributed by atoms with van der Waals surface area (Å²) in [6.07, 6.45) is 8.41. The van der Waals surface area contributed by atoms with Crippen molar-refractivity contribution in [2.75, 3.05) is 19.6 Å². The molecule has 0 amide bonds. The third kappa shape index (κ3) is 3.69. The Hall–Kier alpha value is -0.0800. The maximum absolute atomic E-state index is 3.89. The Morgan fingerprint density at radius 2 is 1.88 bits per heavy atom. The molecular weight excluding hydrogens is 208 g/mol. The summed E-state index contributed by atoms with van der Waals surface area (Å²) in [4.78, 5) is 2.62. The molecule has 17 heavy (non-hydrogen) atoms. The molecule has 0 aromatic heterocycles. The van der Waals surface area contributed by atoms with E-state index in [0.29, 0.717) is 11.5 Å². The van der Waals surface area contributed by atoms with E-state index < -0.39 is 0 Å². The quantitative estimate of drug-likeness (QED) is 0.810. The lowest BCUT2D eigenvalue weighted by molar-refractivity contribution is 0.148. The highest BCUT2D eigenvalue weighted by molar-refractivity contribution is 4.89. The van der Waals surface area contributed by atoms with Crippen molar-refractivity contribution in [2.45, 2.75) is 71.4 Å². The van der Waals surface area contributed by atoms with E-state index in [9.17, 15) is 0 Å². The average Bonchev–Trinajstić information content (AvgIpc) is 2.73. The highest BCUT2D eigenvalue weighted by Gasteiger charge is 2.32. The van der Waals surface area contributed by atoms with Crippen LogP contribution in [0.15, 0.2) is 0 Å². The Bertz CT molecular complexity index is 231. The van der Waals surface area contributed by atoms with E-state index >= 15 is 0 Å². The smallest absolute Gasteiger partial charge is 0.0169 e. The first-order valence-electron chi connectivity index (χ1n) is 7.56. The Labute approximate surface area is 107 Å². The number of rotatable bonds is 4. The van der Waals surface area contributed by atoms with Crippen LogP contribution in [0, 0.1) is 5.41 Å². The highest BCUT2D eigenvalue weighted by Crippen LogP contribution is 2.35. The molecule has 0 spiro atoms. The summed E-state index contributed by atoms with van der Waals surface area (Å²) in [5.41, 5.74) is 0.498.